The van der Waals surface area contributed by atoms with Gasteiger partial charge in [-0.25, -0.2) is 0 Å². The van der Waals surface area contributed by atoms with Gasteiger partial charge in [-0.1, -0.05) is 82.9 Å². The predicted molar refractivity (Wildman–Crippen MR) is 106 cm³/mol. The van der Waals surface area contributed by atoms with E-state index < -0.39 is 6.29 Å². The Morgan fingerprint density at radius 1 is 1.00 bits per heavy atom. The minimum atomic E-state index is -1.26. The molecule has 0 aliphatic carbocycles. The normalized spacial score (nSPS) is 15.1. The minimum Gasteiger partial charge on any atom is -0.368 e. The summed E-state index contributed by atoms with van der Waals surface area (Å²) in [7, 11) is 0. The van der Waals surface area contributed by atoms with Crippen molar-refractivity contribution in [1.82, 2.24) is 0 Å². The molecule has 0 radical (unpaired) electrons. The van der Waals surface area contributed by atoms with Crippen LogP contribution in [0.15, 0.2) is 24.3 Å². The predicted octanol–water partition coefficient (Wildman–Crippen LogP) is 6.38. The van der Waals surface area contributed by atoms with Crippen LogP contribution >= 0.6 is 0 Å². The second-order valence-corrected chi connectivity index (χ2v) is 7.81. The number of aliphatic hydroxyl groups is 2. The first-order valence-corrected chi connectivity index (χ1v) is 10.0. The van der Waals surface area contributed by atoms with Crippen LogP contribution in [0.25, 0.3) is 0 Å². The van der Waals surface area contributed by atoms with Crippen LogP contribution in [-0.2, 0) is 0 Å². The lowest BCUT2D eigenvalue weighted by molar-refractivity contribution is -0.116. The third kappa shape index (κ3) is 10.3. The third-order valence-electron chi connectivity index (χ3n) is 5.28. The number of hydrogen-bond acceptors (Lipinski definition) is 2. The molecule has 2 unspecified atom stereocenters. The first kappa shape index (κ1) is 23.4. The van der Waals surface area contributed by atoms with Gasteiger partial charge < -0.3 is 10.2 Å². The maximum absolute atomic E-state index is 9.88. The van der Waals surface area contributed by atoms with Crippen molar-refractivity contribution in [3.05, 3.63) is 24.3 Å². The molecule has 0 spiro atoms. The summed E-state index contributed by atoms with van der Waals surface area (Å²) in [5.74, 6) is -0.124. The van der Waals surface area contributed by atoms with Gasteiger partial charge >= 0.3 is 0 Å². The van der Waals surface area contributed by atoms with E-state index in [1.807, 2.05) is 6.08 Å². The Balaban J connectivity index is 4.29. The highest BCUT2D eigenvalue weighted by Gasteiger charge is 2.34. The van der Waals surface area contributed by atoms with Gasteiger partial charge in [0.25, 0.3) is 0 Å². The van der Waals surface area contributed by atoms with Crippen LogP contribution in [0.3, 0.4) is 0 Å². The molecule has 142 valence electrons. The molecule has 0 aromatic heterocycles. The van der Waals surface area contributed by atoms with Crippen LogP contribution in [0.1, 0.15) is 98.3 Å². The quantitative estimate of drug-likeness (QED) is 0.206. The van der Waals surface area contributed by atoms with Gasteiger partial charge in [0.05, 0.1) is 0 Å². The molecule has 0 heterocycles. The van der Waals surface area contributed by atoms with Gasteiger partial charge in [0.15, 0.2) is 6.29 Å². The molecule has 0 aromatic rings. The Hall–Kier alpha value is -0.600. The molecule has 24 heavy (non-hydrogen) atoms. The van der Waals surface area contributed by atoms with Gasteiger partial charge in [-0.3, -0.25) is 0 Å². The van der Waals surface area contributed by atoms with Crippen LogP contribution in [-0.4, -0.2) is 16.5 Å². The number of unbranched alkanes of at least 4 members (excludes halogenated alkanes) is 7. The average Bonchev–Trinajstić information content (AvgIpc) is 2.52. The molecule has 2 nitrogen and oxygen atoms in total. The fourth-order valence-corrected chi connectivity index (χ4v) is 3.43. The molecule has 0 rings (SSSR count). The summed E-state index contributed by atoms with van der Waals surface area (Å²) in [6.45, 7) is 12.5. The molecule has 0 aliphatic heterocycles. The number of hydrogen-bond donors (Lipinski definition) is 2. The lowest BCUT2D eigenvalue weighted by Gasteiger charge is -2.36. The van der Waals surface area contributed by atoms with Crippen molar-refractivity contribution in [3.8, 4) is 0 Å². The number of aliphatic hydroxyl groups excluding tert-OH is 1. The van der Waals surface area contributed by atoms with E-state index in [9.17, 15) is 10.2 Å². The number of rotatable bonds is 15. The van der Waals surface area contributed by atoms with Crippen LogP contribution < -0.4 is 0 Å². The molecule has 0 aliphatic rings. The maximum atomic E-state index is 9.88. The van der Waals surface area contributed by atoms with Gasteiger partial charge in [0.1, 0.15) is 0 Å². The van der Waals surface area contributed by atoms with Crippen molar-refractivity contribution in [1.29, 1.82) is 0 Å². The van der Waals surface area contributed by atoms with E-state index in [1.54, 1.807) is 0 Å². The fourth-order valence-electron chi connectivity index (χ4n) is 3.43. The lowest BCUT2D eigenvalue weighted by Crippen LogP contribution is -2.35. The smallest absolute Gasteiger partial charge is 0.155 e. The molecular formula is C22H42O2. The summed E-state index contributed by atoms with van der Waals surface area (Å²) in [4.78, 5) is 0. The van der Waals surface area contributed by atoms with Gasteiger partial charge in [0, 0.05) is 5.92 Å². The third-order valence-corrected chi connectivity index (χ3v) is 5.28. The van der Waals surface area contributed by atoms with E-state index in [-0.39, 0.29) is 11.3 Å². The highest BCUT2D eigenvalue weighted by Crippen LogP contribution is 2.39. The van der Waals surface area contributed by atoms with Gasteiger partial charge in [-0.05, 0) is 38.5 Å². The summed E-state index contributed by atoms with van der Waals surface area (Å²) in [5.41, 5.74) is 1.09. The summed E-state index contributed by atoms with van der Waals surface area (Å²) >= 11 is 0. The van der Waals surface area contributed by atoms with Crippen molar-refractivity contribution >= 4 is 0 Å². The van der Waals surface area contributed by atoms with E-state index in [4.69, 9.17) is 0 Å². The molecule has 0 aromatic carbocycles. The molecule has 0 saturated carbocycles. The van der Waals surface area contributed by atoms with Gasteiger partial charge in [-0.2, -0.15) is 0 Å². The second kappa shape index (κ2) is 13.7. The first-order chi connectivity index (χ1) is 11.4. The maximum Gasteiger partial charge on any atom is 0.155 e. The van der Waals surface area contributed by atoms with Crippen LogP contribution in [0.5, 0.6) is 0 Å². The van der Waals surface area contributed by atoms with E-state index in [0.717, 1.165) is 25.7 Å². The van der Waals surface area contributed by atoms with Gasteiger partial charge in [-0.15, -0.1) is 6.58 Å². The molecule has 0 fully saturated rings. The zero-order chi connectivity index (χ0) is 18.4. The molecule has 2 atom stereocenters. The average molecular weight is 339 g/mol. The Morgan fingerprint density at radius 2 is 1.54 bits per heavy atom. The fraction of sp³-hybridized carbons (Fsp3) is 0.818. The summed E-state index contributed by atoms with van der Waals surface area (Å²) in [6, 6.07) is 0. The van der Waals surface area contributed by atoms with E-state index in [0.29, 0.717) is 0 Å². The Bertz CT molecular complexity index is 342. The van der Waals surface area contributed by atoms with Crippen molar-refractivity contribution in [3.63, 3.8) is 0 Å². The van der Waals surface area contributed by atoms with Crippen molar-refractivity contribution in [2.75, 3.05) is 0 Å². The molecule has 0 amide bonds. The topological polar surface area (TPSA) is 40.5 Å². The SMILES string of the molecule is C=CC(C)(CCC=C(C)C)C(CCCCCCCCCC)C(O)O. The molecule has 2 N–H and O–H groups in total. The summed E-state index contributed by atoms with van der Waals surface area (Å²) in [5, 5.41) is 19.8. The minimum absolute atomic E-state index is 0.124. The largest absolute Gasteiger partial charge is 0.368 e. The standard InChI is InChI=1S/C22H42O2/c1-6-8-9-10-11-12-13-14-17-20(21(23)24)22(5,7-2)18-15-16-19(3)4/h7,16,20-21,23-24H,2,6,8-15,17-18H2,1,3-5H3. The highest BCUT2D eigenvalue weighted by molar-refractivity contribution is 5.00. The van der Waals surface area contributed by atoms with Crippen molar-refractivity contribution in [2.45, 2.75) is 105 Å². The summed E-state index contributed by atoms with van der Waals surface area (Å²) < 4.78 is 0. The van der Waals surface area contributed by atoms with E-state index in [2.05, 4.69) is 40.3 Å². The molecule has 0 bridgehead atoms. The van der Waals surface area contributed by atoms with Crippen LogP contribution in [0, 0.1) is 11.3 Å². The molecule has 2 heteroatoms. The first-order valence-electron chi connectivity index (χ1n) is 10.0. The highest BCUT2D eigenvalue weighted by atomic mass is 16.5. The van der Waals surface area contributed by atoms with Crippen LogP contribution in [0.4, 0.5) is 0 Å². The van der Waals surface area contributed by atoms with Crippen molar-refractivity contribution in [2.24, 2.45) is 11.3 Å². The Labute approximate surface area is 151 Å². The van der Waals surface area contributed by atoms with Crippen LogP contribution in [0.2, 0.25) is 0 Å². The monoisotopic (exact) mass is 338 g/mol. The Morgan fingerprint density at radius 3 is 2.00 bits per heavy atom. The second-order valence-electron chi connectivity index (χ2n) is 7.81. The molecule has 0 saturated heterocycles. The van der Waals surface area contributed by atoms with Crippen molar-refractivity contribution < 1.29 is 10.2 Å². The number of allylic oxidation sites excluding steroid dienone is 3. The van der Waals surface area contributed by atoms with E-state index in [1.165, 1.54) is 50.5 Å². The molecular weight excluding hydrogens is 296 g/mol. The Kier molecular flexibility index (Phi) is 13.3. The summed E-state index contributed by atoms with van der Waals surface area (Å²) in [6.07, 6.45) is 15.8. The zero-order valence-corrected chi connectivity index (χ0v) is 16.7. The van der Waals surface area contributed by atoms with E-state index >= 15 is 0 Å². The van der Waals surface area contributed by atoms with Gasteiger partial charge in [0.2, 0.25) is 0 Å². The lowest BCUT2D eigenvalue weighted by atomic mass is 9.71. The zero-order valence-electron chi connectivity index (χ0n) is 16.7.